The Kier molecular flexibility index (Phi) is 5.18. The van der Waals surface area contributed by atoms with Gasteiger partial charge in [0.05, 0.1) is 15.9 Å². The van der Waals surface area contributed by atoms with E-state index < -0.39 is 14.8 Å². The van der Waals surface area contributed by atoms with E-state index in [1.807, 2.05) is 9.47 Å². The van der Waals surface area contributed by atoms with Gasteiger partial charge in [-0.2, -0.15) is 0 Å². The highest BCUT2D eigenvalue weighted by atomic mass is 32.2. The Balaban J connectivity index is 2.03. The lowest BCUT2D eigenvalue weighted by molar-refractivity contribution is -0.384. The van der Waals surface area contributed by atoms with E-state index in [4.69, 9.17) is 0 Å². The van der Waals surface area contributed by atoms with Crippen molar-refractivity contribution in [2.75, 3.05) is 17.7 Å². The summed E-state index contributed by atoms with van der Waals surface area (Å²) in [6.45, 7) is 5.61. The first kappa shape index (κ1) is 19.3. The predicted octanol–water partition coefficient (Wildman–Crippen LogP) is 2.59. The van der Waals surface area contributed by atoms with Crippen LogP contribution in [0, 0.1) is 16.0 Å². The summed E-state index contributed by atoms with van der Waals surface area (Å²) in [5, 5.41) is 19.9. The van der Waals surface area contributed by atoms with Gasteiger partial charge in [-0.05, 0) is 30.9 Å². The molecular formula is C17H23N5O4S. The molecule has 10 heteroatoms. The number of rotatable bonds is 6. The summed E-state index contributed by atoms with van der Waals surface area (Å²) >= 11 is 0. The highest BCUT2D eigenvalue weighted by molar-refractivity contribution is 7.90. The average molecular weight is 393 g/mol. The molecule has 0 saturated carbocycles. The van der Waals surface area contributed by atoms with Gasteiger partial charge in [0, 0.05) is 25.4 Å². The molecule has 2 aromatic rings. The van der Waals surface area contributed by atoms with Crippen molar-refractivity contribution in [1.82, 2.24) is 14.8 Å². The molecule has 2 heterocycles. The molecule has 3 rings (SSSR count). The molecule has 27 heavy (non-hydrogen) atoms. The summed E-state index contributed by atoms with van der Waals surface area (Å²) in [6.07, 6.45) is 4.40. The van der Waals surface area contributed by atoms with Crippen LogP contribution >= 0.6 is 0 Å². The summed E-state index contributed by atoms with van der Waals surface area (Å²) in [5.41, 5.74) is 0.203. The first-order chi connectivity index (χ1) is 12.7. The topological polar surface area (TPSA) is 111 Å². The molecule has 0 aliphatic carbocycles. The minimum atomic E-state index is -3.53. The minimum Gasteiger partial charge on any atom is -0.356 e. The maximum absolute atomic E-state index is 11.8. The number of hydrogen-bond donors (Lipinski definition) is 0. The van der Waals surface area contributed by atoms with Crippen LogP contribution in [0.25, 0.3) is 0 Å². The summed E-state index contributed by atoms with van der Waals surface area (Å²) in [5.74, 6) is 1.20. The first-order valence-electron chi connectivity index (χ1n) is 8.81. The van der Waals surface area contributed by atoms with Crippen molar-refractivity contribution in [3.05, 3.63) is 40.5 Å². The van der Waals surface area contributed by atoms with E-state index in [0.717, 1.165) is 37.5 Å². The Bertz CT molecular complexity index is 954. The Morgan fingerprint density at radius 2 is 2.11 bits per heavy atom. The van der Waals surface area contributed by atoms with Gasteiger partial charge in [-0.1, -0.05) is 13.8 Å². The smallest absolute Gasteiger partial charge is 0.293 e. The SMILES string of the molecule is CC(C)Cn1cnnc1C1CCCN1c1ccc(S(C)(=O)=O)cc1[N+](=O)[O-]. The predicted molar refractivity (Wildman–Crippen MR) is 100 cm³/mol. The maximum atomic E-state index is 11.8. The van der Waals surface area contributed by atoms with Crippen LogP contribution < -0.4 is 4.90 Å². The number of hydrogen-bond acceptors (Lipinski definition) is 7. The van der Waals surface area contributed by atoms with Gasteiger partial charge in [0.1, 0.15) is 12.0 Å². The molecule has 1 aromatic heterocycles. The number of sulfone groups is 1. The van der Waals surface area contributed by atoms with Gasteiger partial charge in [0.15, 0.2) is 15.7 Å². The Morgan fingerprint density at radius 1 is 1.37 bits per heavy atom. The molecule has 1 aliphatic rings. The third-order valence-electron chi connectivity index (χ3n) is 4.64. The zero-order valence-corrected chi connectivity index (χ0v) is 16.4. The van der Waals surface area contributed by atoms with Crippen molar-refractivity contribution in [1.29, 1.82) is 0 Å². The highest BCUT2D eigenvalue weighted by Gasteiger charge is 2.34. The van der Waals surface area contributed by atoms with Crippen molar-refractivity contribution >= 4 is 21.2 Å². The molecular weight excluding hydrogens is 370 g/mol. The fraction of sp³-hybridized carbons (Fsp3) is 0.529. The number of nitro benzene ring substituents is 1. The van der Waals surface area contributed by atoms with E-state index in [-0.39, 0.29) is 16.6 Å². The molecule has 0 spiro atoms. The van der Waals surface area contributed by atoms with E-state index in [1.54, 1.807) is 6.33 Å². The number of benzene rings is 1. The van der Waals surface area contributed by atoms with Gasteiger partial charge in [0.2, 0.25) is 0 Å². The quantitative estimate of drug-likeness (QED) is 0.548. The lowest BCUT2D eigenvalue weighted by Gasteiger charge is -2.26. The molecule has 1 aromatic carbocycles. The van der Waals surface area contributed by atoms with Gasteiger partial charge in [-0.3, -0.25) is 10.1 Å². The first-order valence-corrected chi connectivity index (χ1v) is 10.7. The zero-order chi connectivity index (χ0) is 19.8. The van der Waals surface area contributed by atoms with Crippen LogP contribution in [0.5, 0.6) is 0 Å². The van der Waals surface area contributed by atoms with E-state index in [0.29, 0.717) is 18.2 Å². The molecule has 1 aliphatic heterocycles. The summed E-state index contributed by atoms with van der Waals surface area (Å²) < 4.78 is 25.6. The standard InChI is InChI=1S/C17H23N5O4S/c1-12(2)10-20-11-18-19-17(20)15-5-4-8-21(15)14-7-6-13(27(3,25)26)9-16(14)22(23)24/h6-7,9,11-12,15H,4-5,8,10H2,1-3H3. The molecule has 146 valence electrons. The average Bonchev–Trinajstić information content (AvgIpc) is 3.21. The van der Waals surface area contributed by atoms with E-state index >= 15 is 0 Å². The van der Waals surface area contributed by atoms with E-state index in [2.05, 4.69) is 24.0 Å². The molecule has 0 bridgehead atoms. The Labute approximate surface area is 158 Å². The lowest BCUT2D eigenvalue weighted by Crippen LogP contribution is -2.26. The number of nitro groups is 1. The maximum Gasteiger partial charge on any atom is 0.293 e. The molecule has 9 nitrogen and oxygen atoms in total. The summed E-state index contributed by atoms with van der Waals surface area (Å²) in [4.78, 5) is 13.0. The molecule has 1 atom stereocenters. The van der Waals surface area contributed by atoms with Crippen molar-refractivity contribution in [3.8, 4) is 0 Å². The Morgan fingerprint density at radius 3 is 2.74 bits per heavy atom. The second-order valence-corrected chi connectivity index (χ2v) is 9.28. The van der Waals surface area contributed by atoms with Crippen molar-refractivity contribution in [3.63, 3.8) is 0 Å². The molecule has 0 amide bonds. The second-order valence-electron chi connectivity index (χ2n) is 7.27. The minimum absolute atomic E-state index is 0.0586. The number of aromatic nitrogens is 3. The van der Waals surface area contributed by atoms with Crippen LogP contribution in [0.2, 0.25) is 0 Å². The highest BCUT2D eigenvalue weighted by Crippen LogP contribution is 2.40. The van der Waals surface area contributed by atoms with Crippen LogP contribution in [0.1, 0.15) is 38.6 Å². The fourth-order valence-electron chi connectivity index (χ4n) is 3.50. The lowest BCUT2D eigenvalue weighted by atomic mass is 10.1. The second kappa shape index (κ2) is 7.26. The third kappa shape index (κ3) is 3.95. The molecule has 0 N–H and O–H groups in total. The van der Waals surface area contributed by atoms with Gasteiger partial charge in [-0.25, -0.2) is 8.42 Å². The summed E-state index contributed by atoms with van der Waals surface area (Å²) in [6, 6.07) is 3.95. The van der Waals surface area contributed by atoms with Gasteiger partial charge < -0.3 is 9.47 Å². The Hall–Kier alpha value is -2.49. The van der Waals surface area contributed by atoms with Crippen molar-refractivity contribution < 1.29 is 13.3 Å². The van der Waals surface area contributed by atoms with Crippen LogP contribution in [0.3, 0.4) is 0 Å². The van der Waals surface area contributed by atoms with Crippen molar-refractivity contribution in [2.24, 2.45) is 5.92 Å². The summed E-state index contributed by atoms with van der Waals surface area (Å²) in [7, 11) is -3.53. The van der Waals surface area contributed by atoms with Gasteiger partial charge in [-0.15, -0.1) is 10.2 Å². The number of nitrogens with zero attached hydrogens (tertiary/aromatic N) is 5. The monoisotopic (exact) mass is 393 g/mol. The van der Waals surface area contributed by atoms with Crippen LogP contribution in [-0.4, -0.2) is 40.9 Å². The third-order valence-corrected chi connectivity index (χ3v) is 5.75. The van der Waals surface area contributed by atoms with E-state index in [1.165, 1.54) is 12.1 Å². The largest absolute Gasteiger partial charge is 0.356 e. The van der Waals surface area contributed by atoms with Gasteiger partial charge in [0.25, 0.3) is 5.69 Å². The molecule has 0 radical (unpaired) electrons. The zero-order valence-electron chi connectivity index (χ0n) is 15.6. The van der Waals surface area contributed by atoms with Crippen LogP contribution in [0.15, 0.2) is 29.4 Å². The normalized spacial score (nSPS) is 17.6. The number of anilines is 1. The van der Waals surface area contributed by atoms with Crippen LogP contribution in [0.4, 0.5) is 11.4 Å². The van der Waals surface area contributed by atoms with Crippen molar-refractivity contribution in [2.45, 2.75) is 44.2 Å². The molecule has 1 fully saturated rings. The van der Waals surface area contributed by atoms with Gasteiger partial charge >= 0.3 is 0 Å². The van der Waals surface area contributed by atoms with Crippen LogP contribution in [-0.2, 0) is 16.4 Å². The van der Waals surface area contributed by atoms with E-state index in [9.17, 15) is 18.5 Å². The molecule has 1 saturated heterocycles. The fourth-order valence-corrected chi connectivity index (χ4v) is 4.14. The molecule has 1 unspecified atom stereocenters.